The summed E-state index contributed by atoms with van der Waals surface area (Å²) in [5.41, 5.74) is 11.0. The molecule has 0 saturated carbocycles. The van der Waals surface area contributed by atoms with Crippen molar-refractivity contribution in [2.75, 3.05) is 17.2 Å². The second kappa shape index (κ2) is 6.84. The number of nitrogen functional groups attached to an aromatic ring is 1. The summed E-state index contributed by atoms with van der Waals surface area (Å²) in [5, 5.41) is 0. The maximum Gasteiger partial charge on any atom is 0.231 e. The lowest BCUT2D eigenvalue weighted by Gasteiger charge is -2.30. The van der Waals surface area contributed by atoms with Crippen LogP contribution in [0.25, 0.3) is 0 Å². The SMILES string of the molecule is Cc1ccc2c(c1)CCCN2C(=O)Cc1ccc(N)cc1.Cl. The second-order valence-electron chi connectivity index (χ2n) is 5.70. The summed E-state index contributed by atoms with van der Waals surface area (Å²) in [6.45, 7) is 2.90. The van der Waals surface area contributed by atoms with Crippen molar-refractivity contribution in [3.05, 3.63) is 59.2 Å². The molecule has 1 heterocycles. The van der Waals surface area contributed by atoms with Gasteiger partial charge in [0.25, 0.3) is 0 Å². The predicted molar refractivity (Wildman–Crippen MR) is 93.7 cm³/mol. The van der Waals surface area contributed by atoms with Crippen molar-refractivity contribution in [3.63, 3.8) is 0 Å². The van der Waals surface area contributed by atoms with Gasteiger partial charge in [-0.1, -0.05) is 29.8 Å². The minimum absolute atomic E-state index is 0. The van der Waals surface area contributed by atoms with Crippen LogP contribution in [0.5, 0.6) is 0 Å². The van der Waals surface area contributed by atoms with Crippen LogP contribution in [0.4, 0.5) is 11.4 Å². The molecular formula is C18H21ClN2O. The molecule has 0 atom stereocenters. The monoisotopic (exact) mass is 316 g/mol. The van der Waals surface area contributed by atoms with Crippen molar-refractivity contribution >= 4 is 29.7 Å². The molecule has 1 amide bonds. The van der Waals surface area contributed by atoms with Gasteiger partial charge in [-0.3, -0.25) is 4.79 Å². The minimum atomic E-state index is 0. The third-order valence-corrected chi connectivity index (χ3v) is 3.99. The van der Waals surface area contributed by atoms with Gasteiger partial charge >= 0.3 is 0 Å². The molecule has 2 aromatic carbocycles. The molecule has 2 aromatic rings. The molecule has 0 radical (unpaired) electrons. The van der Waals surface area contributed by atoms with E-state index in [0.717, 1.165) is 36.3 Å². The molecule has 0 bridgehead atoms. The first-order valence-corrected chi connectivity index (χ1v) is 7.38. The Labute approximate surface area is 137 Å². The van der Waals surface area contributed by atoms with Crippen molar-refractivity contribution in [1.82, 2.24) is 0 Å². The predicted octanol–water partition coefficient (Wildman–Crippen LogP) is 3.52. The second-order valence-corrected chi connectivity index (χ2v) is 5.70. The van der Waals surface area contributed by atoms with Gasteiger partial charge in [0.1, 0.15) is 0 Å². The van der Waals surface area contributed by atoms with E-state index in [1.54, 1.807) is 0 Å². The smallest absolute Gasteiger partial charge is 0.231 e. The van der Waals surface area contributed by atoms with E-state index < -0.39 is 0 Å². The van der Waals surface area contributed by atoms with E-state index in [1.165, 1.54) is 11.1 Å². The fourth-order valence-electron chi connectivity index (χ4n) is 2.89. The summed E-state index contributed by atoms with van der Waals surface area (Å²) in [4.78, 5) is 14.5. The maximum absolute atomic E-state index is 12.6. The summed E-state index contributed by atoms with van der Waals surface area (Å²) in [6.07, 6.45) is 2.51. The summed E-state index contributed by atoms with van der Waals surface area (Å²) in [6, 6.07) is 13.9. The fraction of sp³-hybridized carbons (Fsp3) is 0.278. The number of benzene rings is 2. The van der Waals surface area contributed by atoms with Crippen LogP contribution in [0.1, 0.15) is 23.1 Å². The van der Waals surface area contributed by atoms with E-state index in [0.29, 0.717) is 6.42 Å². The normalized spacial score (nSPS) is 13.2. The zero-order valence-electron chi connectivity index (χ0n) is 12.7. The van der Waals surface area contributed by atoms with Crippen molar-refractivity contribution < 1.29 is 4.79 Å². The summed E-state index contributed by atoms with van der Waals surface area (Å²) < 4.78 is 0. The number of carbonyl (C=O) groups excluding carboxylic acids is 1. The Morgan fingerprint density at radius 3 is 2.64 bits per heavy atom. The molecule has 0 saturated heterocycles. The maximum atomic E-state index is 12.6. The molecule has 1 aliphatic heterocycles. The molecule has 22 heavy (non-hydrogen) atoms. The molecule has 4 heteroatoms. The van der Waals surface area contributed by atoms with Crippen LogP contribution in [0.2, 0.25) is 0 Å². The summed E-state index contributed by atoms with van der Waals surface area (Å²) in [5.74, 6) is 0.157. The zero-order valence-corrected chi connectivity index (χ0v) is 13.5. The number of nitrogens with zero attached hydrogens (tertiary/aromatic N) is 1. The first-order valence-electron chi connectivity index (χ1n) is 7.38. The zero-order chi connectivity index (χ0) is 14.8. The fourth-order valence-corrected chi connectivity index (χ4v) is 2.89. The number of aryl methyl sites for hydroxylation is 2. The molecule has 0 fully saturated rings. The van der Waals surface area contributed by atoms with Gasteiger partial charge in [-0.15, -0.1) is 12.4 Å². The van der Waals surface area contributed by atoms with Gasteiger partial charge in [-0.2, -0.15) is 0 Å². The van der Waals surface area contributed by atoms with E-state index in [9.17, 15) is 4.79 Å². The average molecular weight is 317 g/mol. The molecule has 0 aromatic heterocycles. The highest BCUT2D eigenvalue weighted by Crippen LogP contribution is 2.28. The number of fused-ring (bicyclic) bond motifs is 1. The molecule has 116 valence electrons. The lowest BCUT2D eigenvalue weighted by Crippen LogP contribution is -2.36. The van der Waals surface area contributed by atoms with Crippen LogP contribution < -0.4 is 10.6 Å². The molecule has 0 aliphatic carbocycles. The van der Waals surface area contributed by atoms with Crippen molar-refractivity contribution in [1.29, 1.82) is 0 Å². The third kappa shape index (κ3) is 3.42. The standard InChI is InChI=1S/C18H20N2O.ClH/c1-13-4-9-17-15(11-13)3-2-10-20(17)18(21)12-14-5-7-16(19)8-6-14;/h4-9,11H,2-3,10,12,19H2,1H3;1H. The Hall–Kier alpha value is -2.00. The number of carbonyl (C=O) groups is 1. The first kappa shape index (κ1) is 16.4. The average Bonchev–Trinajstić information content (AvgIpc) is 2.48. The van der Waals surface area contributed by atoms with Crippen LogP contribution in [-0.4, -0.2) is 12.5 Å². The molecule has 2 N–H and O–H groups in total. The highest BCUT2D eigenvalue weighted by molar-refractivity contribution is 5.96. The molecule has 3 nitrogen and oxygen atoms in total. The molecule has 0 unspecified atom stereocenters. The molecular weight excluding hydrogens is 296 g/mol. The Morgan fingerprint density at radius 2 is 1.91 bits per heavy atom. The van der Waals surface area contributed by atoms with Gasteiger partial charge in [-0.25, -0.2) is 0 Å². The third-order valence-electron chi connectivity index (χ3n) is 3.99. The number of hydrogen-bond donors (Lipinski definition) is 1. The van der Waals surface area contributed by atoms with Crippen molar-refractivity contribution in [2.45, 2.75) is 26.2 Å². The lowest BCUT2D eigenvalue weighted by molar-refractivity contribution is -0.118. The van der Waals surface area contributed by atoms with Gasteiger partial charge < -0.3 is 10.6 Å². The number of anilines is 2. The van der Waals surface area contributed by atoms with Gasteiger partial charge in [0.05, 0.1) is 6.42 Å². The Bertz CT molecular complexity index is 667. The van der Waals surface area contributed by atoms with Gasteiger partial charge in [-0.05, 0) is 49.1 Å². The van der Waals surface area contributed by atoms with E-state index in [-0.39, 0.29) is 18.3 Å². The van der Waals surface area contributed by atoms with E-state index in [4.69, 9.17) is 5.73 Å². The van der Waals surface area contributed by atoms with Gasteiger partial charge in [0.15, 0.2) is 0 Å². The van der Waals surface area contributed by atoms with Crippen LogP contribution in [0.15, 0.2) is 42.5 Å². The van der Waals surface area contributed by atoms with Crippen LogP contribution in [0.3, 0.4) is 0 Å². The number of hydrogen-bond acceptors (Lipinski definition) is 2. The van der Waals surface area contributed by atoms with Crippen molar-refractivity contribution in [3.8, 4) is 0 Å². The topological polar surface area (TPSA) is 46.3 Å². The largest absolute Gasteiger partial charge is 0.399 e. The van der Waals surface area contributed by atoms with Crippen LogP contribution in [-0.2, 0) is 17.6 Å². The number of nitrogens with two attached hydrogens (primary N) is 1. The van der Waals surface area contributed by atoms with Crippen molar-refractivity contribution in [2.24, 2.45) is 0 Å². The lowest BCUT2D eigenvalue weighted by atomic mass is 9.99. The highest BCUT2D eigenvalue weighted by Gasteiger charge is 2.22. The number of amides is 1. The quantitative estimate of drug-likeness (QED) is 0.862. The molecule has 3 rings (SSSR count). The molecule has 0 spiro atoms. The minimum Gasteiger partial charge on any atom is -0.399 e. The van der Waals surface area contributed by atoms with Crippen LogP contribution in [0, 0.1) is 6.92 Å². The Kier molecular flexibility index (Phi) is 5.09. The number of halogens is 1. The summed E-state index contributed by atoms with van der Waals surface area (Å²) in [7, 11) is 0. The number of rotatable bonds is 2. The summed E-state index contributed by atoms with van der Waals surface area (Å²) >= 11 is 0. The van der Waals surface area contributed by atoms with Gasteiger partial charge in [0, 0.05) is 17.9 Å². The van der Waals surface area contributed by atoms with Gasteiger partial charge in [0.2, 0.25) is 5.91 Å². The first-order chi connectivity index (χ1) is 10.1. The van der Waals surface area contributed by atoms with E-state index >= 15 is 0 Å². The van der Waals surface area contributed by atoms with E-state index in [2.05, 4.69) is 25.1 Å². The highest BCUT2D eigenvalue weighted by atomic mass is 35.5. The Morgan fingerprint density at radius 1 is 1.18 bits per heavy atom. The van der Waals surface area contributed by atoms with Crippen LogP contribution >= 0.6 is 12.4 Å². The van der Waals surface area contributed by atoms with E-state index in [1.807, 2.05) is 29.2 Å². The molecule has 1 aliphatic rings. The Balaban J connectivity index is 0.00000176.